The molecular formula is C19H21NO. The SMILES string of the molecule is CC(=O)NC1(c2ccc(-c3ccccc3)cc2)CCCC1. The van der Waals surface area contributed by atoms with Gasteiger partial charge in [0.05, 0.1) is 5.54 Å². The van der Waals surface area contributed by atoms with Crippen LogP contribution < -0.4 is 5.32 Å². The van der Waals surface area contributed by atoms with Gasteiger partial charge in [-0.1, -0.05) is 67.4 Å². The fourth-order valence-corrected chi connectivity index (χ4v) is 3.41. The van der Waals surface area contributed by atoms with Crippen molar-refractivity contribution in [1.82, 2.24) is 5.32 Å². The fourth-order valence-electron chi connectivity index (χ4n) is 3.41. The van der Waals surface area contributed by atoms with E-state index in [0.29, 0.717) is 0 Å². The Hall–Kier alpha value is -2.09. The summed E-state index contributed by atoms with van der Waals surface area (Å²) >= 11 is 0. The fraction of sp³-hybridized carbons (Fsp3) is 0.316. The van der Waals surface area contributed by atoms with Crippen LogP contribution in [0.3, 0.4) is 0 Å². The maximum atomic E-state index is 11.6. The number of nitrogens with one attached hydrogen (secondary N) is 1. The number of rotatable bonds is 3. The standard InChI is InChI=1S/C19H21NO/c1-15(21)20-19(13-5-6-14-19)18-11-9-17(10-12-18)16-7-3-2-4-8-16/h2-4,7-12H,5-6,13-14H2,1H3,(H,20,21). The van der Waals surface area contributed by atoms with E-state index in [2.05, 4.69) is 53.8 Å². The molecule has 1 aliphatic rings. The maximum Gasteiger partial charge on any atom is 0.217 e. The van der Waals surface area contributed by atoms with E-state index < -0.39 is 0 Å². The highest BCUT2D eigenvalue weighted by atomic mass is 16.1. The average Bonchev–Trinajstić information content (AvgIpc) is 2.97. The normalized spacial score (nSPS) is 16.6. The molecule has 0 bridgehead atoms. The van der Waals surface area contributed by atoms with Gasteiger partial charge in [0.25, 0.3) is 0 Å². The molecule has 2 heteroatoms. The Morgan fingerprint density at radius 2 is 1.48 bits per heavy atom. The first-order valence-electron chi connectivity index (χ1n) is 7.64. The molecule has 2 nitrogen and oxygen atoms in total. The lowest BCUT2D eigenvalue weighted by molar-refractivity contribution is -0.121. The van der Waals surface area contributed by atoms with Gasteiger partial charge in [0.2, 0.25) is 5.91 Å². The van der Waals surface area contributed by atoms with E-state index in [1.807, 2.05) is 6.07 Å². The van der Waals surface area contributed by atoms with E-state index in [9.17, 15) is 4.79 Å². The summed E-state index contributed by atoms with van der Waals surface area (Å²) in [5.41, 5.74) is 3.52. The molecule has 0 unspecified atom stereocenters. The summed E-state index contributed by atoms with van der Waals surface area (Å²) in [7, 11) is 0. The smallest absolute Gasteiger partial charge is 0.217 e. The lowest BCUT2D eigenvalue weighted by Crippen LogP contribution is -2.42. The molecule has 0 heterocycles. The largest absolute Gasteiger partial charge is 0.347 e. The van der Waals surface area contributed by atoms with Crippen LogP contribution in [0.2, 0.25) is 0 Å². The molecule has 1 amide bonds. The summed E-state index contributed by atoms with van der Waals surface area (Å²) in [6, 6.07) is 19.0. The molecule has 0 aliphatic heterocycles. The van der Waals surface area contributed by atoms with Crippen molar-refractivity contribution in [2.75, 3.05) is 0 Å². The Bertz CT molecular complexity index is 610. The topological polar surface area (TPSA) is 29.1 Å². The minimum Gasteiger partial charge on any atom is -0.347 e. The van der Waals surface area contributed by atoms with Crippen molar-refractivity contribution < 1.29 is 4.79 Å². The third-order valence-electron chi connectivity index (χ3n) is 4.42. The first kappa shape index (κ1) is 13.9. The Morgan fingerprint density at radius 1 is 0.905 bits per heavy atom. The van der Waals surface area contributed by atoms with Gasteiger partial charge in [0, 0.05) is 6.92 Å². The van der Waals surface area contributed by atoms with E-state index in [4.69, 9.17) is 0 Å². The Balaban J connectivity index is 1.90. The quantitative estimate of drug-likeness (QED) is 0.893. The second-order valence-corrected chi connectivity index (χ2v) is 5.91. The zero-order valence-corrected chi connectivity index (χ0v) is 12.4. The van der Waals surface area contributed by atoms with Gasteiger partial charge in [-0.25, -0.2) is 0 Å². The molecule has 0 atom stereocenters. The summed E-state index contributed by atoms with van der Waals surface area (Å²) in [6.45, 7) is 1.61. The van der Waals surface area contributed by atoms with Gasteiger partial charge in [-0.15, -0.1) is 0 Å². The molecule has 3 rings (SSSR count). The zero-order chi connectivity index (χ0) is 14.7. The highest BCUT2D eigenvalue weighted by Crippen LogP contribution is 2.39. The zero-order valence-electron chi connectivity index (χ0n) is 12.4. The lowest BCUT2D eigenvalue weighted by atomic mass is 9.87. The maximum absolute atomic E-state index is 11.6. The number of hydrogen-bond acceptors (Lipinski definition) is 1. The van der Waals surface area contributed by atoms with Crippen LogP contribution in [-0.2, 0) is 10.3 Å². The van der Waals surface area contributed by atoms with Crippen LogP contribution in [-0.4, -0.2) is 5.91 Å². The second-order valence-electron chi connectivity index (χ2n) is 5.91. The molecule has 0 radical (unpaired) electrons. The molecule has 0 aromatic heterocycles. The first-order valence-corrected chi connectivity index (χ1v) is 7.64. The van der Waals surface area contributed by atoms with Crippen LogP contribution in [0.25, 0.3) is 11.1 Å². The van der Waals surface area contributed by atoms with E-state index in [-0.39, 0.29) is 11.4 Å². The summed E-state index contributed by atoms with van der Waals surface area (Å²) < 4.78 is 0. The van der Waals surface area contributed by atoms with Crippen LogP contribution >= 0.6 is 0 Å². The summed E-state index contributed by atoms with van der Waals surface area (Å²) in [4.78, 5) is 11.6. The van der Waals surface area contributed by atoms with Gasteiger partial charge in [0.1, 0.15) is 0 Å². The number of amides is 1. The van der Waals surface area contributed by atoms with Crippen molar-refractivity contribution in [1.29, 1.82) is 0 Å². The van der Waals surface area contributed by atoms with Crippen LogP contribution in [0.5, 0.6) is 0 Å². The van der Waals surface area contributed by atoms with Crippen molar-refractivity contribution in [2.24, 2.45) is 0 Å². The first-order chi connectivity index (χ1) is 10.2. The van der Waals surface area contributed by atoms with Gasteiger partial charge in [0.15, 0.2) is 0 Å². The molecule has 1 aliphatic carbocycles. The van der Waals surface area contributed by atoms with E-state index >= 15 is 0 Å². The minimum absolute atomic E-state index is 0.0593. The lowest BCUT2D eigenvalue weighted by Gasteiger charge is -2.30. The number of carbonyl (C=O) groups excluding carboxylic acids is 1. The van der Waals surface area contributed by atoms with Crippen molar-refractivity contribution in [2.45, 2.75) is 38.1 Å². The van der Waals surface area contributed by atoms with Crippen molar-refractivity contribution in [3.63, 3.8) is 0 Å². The molecule has 1 fully saturated rings. The van der Waals surface area contributed by atoms with Gasteiger partial charge < -0.3 is 5.32 Å². The summed E-state index contributed by atoms with van der Waals surface area (Å²) in [5, 5.41) is 3.19. The Labute approximate surface area is 126 Å². The number of carbonyl (C=O) groups is 1. The van der Waals surface area contributed by atoms with Crippen molar-refractivity contribution in [3.8, 4) is 11.1 Å². The number of benzene rings is 2. The van der Waals surface area contributed by atoms with Crippen LogP contribution in [0.1, 0.15) is 38.2 Å². The van der Waals surface area contributed by atoms with Gasteiger partial charge >= 0.3 is 0 Å². The molecule has 108 valence electrons. The third kappa shape index (κ3) is 2.85. The molecular weight excluding hydrogens is 258 g/mol. The van der Waals surface area contributed by atoms with Crippen LogP contribution in [0, 0.1) is 0 Å². The molecule has 1 N–H and O–H groups in total. The summed E-state index contributed by atoms with van der Waals surface area (Å²) in [6.07, 6.45) is 4.44. The second kappa shape index (κ2) is 5.72. The molecule has 0 spiro atoms. The predicted molar refractivity (Wildman–Crippen MR) is 85.8 cm³/mol. The van der Waals surface area contributed by atoms with Gasteiger partial charge in [-0.05, 0) is 29.5 Å². The van der Waals surface area contributed by atoms with E-state index in [1.165, 1.54) is 29.5 Å². The van der Waals surface area contributed by atoms with Crippen LogP contribution in [0.15, 0.2) is 54.6 Å². The van der Waals surface area contributed by atoms with Crippen LogP contribution in [0.4, 0.5) is 0 Å². The highest BCUT2D eigenvalue weighted by Gasteiger charge is 2.36. The molecule has 1 saturated carbocycles. The van der Waals surface area contributed by atoms with E-state index in [0.717, 1.165) is 12.8 Å². The van der Waals surface area contributed by atoms with E-state index in [1.54, 1.807) is 6.92 Å². The molecule has 0 saturated heterocycles. The van der Waals surface area contributed by atoms with Gasteiger partial charge in [-0.2, -0.15) is 0 Å². The van der Waals surface area contributed by atoms with Crippen molar-refractivity contribution >= 4 is 5.91 Å². The number of hydrogen-bond donors (Lipinski definition) is 1. The summed E-state index contributed by atoms with van der Waals surface area (Å²) in [5.74, 6) is 0.0593. The predicted octanol–water partition coefficient (Wildman–Crippen LogP) is 4.26. The highest BCUT2D eigenvalue weighted by molar-refractivity contribution is 5.74. The molecule has 2 aromatic rings. The monoisotopic (exact) mass is 279 g/mol. The average molecular weight is 279 g/mol. The Morgan fingerprint density at radius 3 is 2.05 bits per heavy atom. The molecule has 2 aromatic carbocycles. The van der Waals surface area contributed by atoms with Gasteiger partial charge in [-0.3, -0.25) is 4.79 Å². The third-order valence-corrected chi connectivity index (χ3v) is 4.42. The Kier molecular flexibility index (Phi) is 3.78. The molecule has 21 heavy (non-hydrogen) atoms. The van der Waals surface area contributed by atoms with Crippen molar-refractivity contribution in [3.05, 3.63) is 60.2 Å². The minimum atomic E-state index is -0.152.